The third-order valence-electron chi connectivity index (χ3n) is 4.55. The highest BCUT2D eigenvalue weighted by atomic mass is 32.1. The van der Waals surface area contributed by atoms with Gasteiger partial charge in [0, 0.05) is 5.25 Å². The Labute approximate surface area is 82.5 Å². The van der Waals surface area contributed by atoms with Crippen molar-refractivity contribution in [1.82, 2.24) is 0 Å². The van der Waals surface area contributed by atoms with Gasteiger partial charge in [-0.3, -0.25) is 0 Å². The maximum Gasteiger partial charge on any atom is 0.00499 e. The zero-order valence-corrected chi connectivity index (χ0v) is 9.91. The Morgan fingerprint density at radius 2 is 1.83 bits per heavy atom. The second-order valence-electron chi connectivity index (χ2n) is 5.28. The largest absolute Gasteiger partial charge is 0.176 e. The minimum Gasteiger partial charge on any atom is -0.176 e. The molecule has 0 saturated heterocycles. The fraction of sp³-hybridized carbons (Fsp3) is 1.00. The van der Waals surface area contributed by atoms with Gasteiger partial charge in [-0.2, -0.15) is 12.6 Å². The van der Waals surface area contributed by atoms with Crippen molar-refractivity contribution in [3.63, 3.8) is 0 Å². The van der Waals surface area contributed by atoms with E-state index in [9.17, 15) is 0 Å². The smallest absolute Gasteiger partial charge is 0.00499 e. The van der Waals surface area contributed by atoms with Crippen molar-refractivity contribution in [2.24, 2.45) is 16.7 Å². The van der Waals surface area contributed by atoms with Crippen molar-refractivity contribution in [2.45, 2.75) is 52.7 Å². The van der Waals surface area contributed by atoms with Crippen LogP contribution in [0.2, 0.25) is 0 Å². The van der Waals surface area contributed by atoms with Gasteiger partial charge in [0.1, 0.15) is 0 Å². The fourth-order valence-electron chi connectivity index (χ4n) is 2.79. The fourth-order valence-corrected chi connectivity index (χ4v) is 3.39. The van der Waals surface area contributed by atoms with E-state index in [0.717, 1.165) is 5.92 Å². The molecule has 0 aromatic carbocycles. The van der Waals surface area contributed by atoms with Crippen molar-refractivity contribution >= 4 is 12.6 Å². The normalized spacial score (nSPS) is 43.0. The Morgan fingerprint density at radius 3 is 2.00 bits per heavy atom. The van der Waals surface area contributed by atoms with Crippen molar-refractivity contribution < 1.29 is 0 Å². The molecule has 72 valence electrons. The molecular formula is C11H22S. The van der Waals surface area contributed by atoms with Crippen LogP contribution in [0.1, 0.15) is 47.5 Å². The summed E-state index contributed by atoms with van der Waals surface area (Å²) < 4.78 is 0. The summed E-state index contributed by atoms with van der Waals surface area (Å²) in [6.07, 6.45) is 2.73. The maximum atomic E-state index is 4.65. The average molecular weight is 186 g/mol. The quantitative estimate of drug-likeness (QED) is 0.592. The third-order valence-corrected chi connectivity index (χ3v) is 5.09. The van der Waals surface area contributed by atoms with Crippen LogP contribution in [0, 0.1) is 16.7 Å². The molecule has 3 unspecified atom stereocenters. The van der Waals surface area contributed by atoms with Crippen LogP contribution in [0.5, 0.6) is 0 Å². The molecule has 0 radical (unpaired) electrons. The standard InChI is InChI=1S/C11H22S/c1-8-6-7-10(3,4)11(8,5)9(2)12/h8-9,12H,6-7H2,1-5H3. The van der Waals surface area contributed by atoms with Gasteiger partial charge in [-0.25, -0.2) is 0 Å². The van der Waals surface area contributed by atoms with E-state index in [2.05, 4.69) is 47.2 Å². The molecule has 1 aliphatic rings. The summed E-state index contributed by atoms with van der Waals surface area (Å²) in [6, 6.07) is 0. The summed E-state index contributed by atoms with van der Waals surface area (Å²) >= 11 is 4.65. The van der Waals surface area contributed by atoms with E-state index in [1.807, 2.05) is 0 Å². The van der Waals surface area contributed by atoms with Gasteiger partial charge in [-0.05, 0) is 29.6 Å². The minimum absolute atomic E-state index is 0.413. The molecule has 1 saturated carbocycles. The van der Waals surface area contributed by atoms with Crippen LogP contribution in [0.4, 0.5) is 0 Å². The average Bonchev–Trinajstić information content (AvgIpc) is 2.15. The zero-order valence-electron chi connectivity index (χ0n) is 9.02. The SMILES string of the molecule is CC(S)C1(C)C(C)CCC1(C)C. The zero-order chi connectivity index (χ0) is 9.57. The van der Waals surface area contributed by atoms with Gasteiger partial charge in [0.25, 0.3) is 0 Å². The van der Waals surface area contributed by atoms with Crippen LogP contribution < -0.4 is 0 Å². The number of hydrogen-bond acceptors (Lipinski definition) is 1. The third kappa shape index (κ3) is 1.21. The van der Waals surface area contributed by atoms with Crippen LogP contribution in [0.15, 0.2) is 0 Å². The highest BCUT2D eigenvalue weighted by molar-refractivity contribution is 7.81. The molecule has 1 heteroatoms. The first kappa shape index (κ1) is 10.4. The Kier molecular flexibility index (Phi) is 2.55. The van der Waals surface area contributed by atoms with E-state index < -0.39 is 0 Å². The molecule has 0 bridgehead atoms. The molecular weight excluding hydrogens is 164 g/mol. The first-order chi connectivity index (χ1) is 5.32. The molecule has 1 rings (SSSR count). The molecule has 0 nitrogen and oxygen atoms in total. The summed E-state index contributed by atoms with van der Waals surface area (Å²) in [5, 5.41) is 0.505. The second-order valence-corrected chi connectivity index (χ2v) is 6.06. The lowest BCUT2D eigenvalue weighted by Crippen LogP contribution is -2.40. The van der Waals surface area contributed by atoms with E-state index >= 15 is 0 Å². The lowest BCUT2D eigenvalue weighted by molar-refractivity contribution is 0.0941. The molecule has 0 aliphatic heterocycles. The Balaban J connectivity index is 2.97. The van der Waals surface area contributed by atoms with Crippen molar-refractivity contribution in [2.75, 3.05) is 0 Å². The summed E-state index contributed by atoms with van der Waals surface area (Å²) in [5.74, 6) is 0.819. The predicted octanol–water partition coefficient (Wildman–Crippen LogP) is 3.77. The second kappa shape index (κ2) is 2.94. The summed E-state index contributed by atoms with van der Waals surface area (Å²) in [4.78, 5) is 0. The number of rotatable bonds is 1. The van der Waals surface area contributed by atoms with E-state index in [4.69, 9.17) is 0 Å². The van der Waals surface area contributed by atoms with Gasteiger partial charge in [0.15, 0.2) is 0 Å². The van der Waals surface area contributed by atoms with Crippen LogP contribution in [-0.2, 0) is 0 Å². The first-order valence-electron chi connectivity index (χ1n) is 5.00. The molecule has 0 N–H and O–H groups in total. The van der Waals surface area contributed by atoms with E-state index in [-0.39, 0.29) is 0 Å². The molecule has 0 spiro atoms. The summed E-state index contributed by atoms with van der Waals surface area (Å²) in [7, 11) is 0. The van der Waals surface area contributed by atoms with Crippen molar-refractivity contribution in [3.05, 3.63) is 0 Å². The Hall–Kier alpha value is 0.350. The highest BCUT2D eigenvalue weighted by Crippen LogP contribution is 2.58. The topological polar surface area (TPSA) is 0 Å². The van der Waals surface area contributed by atoms with Crippen molar-refractivity contribution in [1.29, 1.82) is 0 Å². The van der Waals surface area contributed by atoms with E-state index in [1.54, 1.807) is 0 Å². The van der Waals surface area contributed by atoms with Crippen LogP contribution in [0.25, 0.3) is 0 Å². The Bertz CT molecular complexity index is 172. The Morgan fingerprint density at radius 1 is 1.33 bits per heavy atom. The van der Waals surface area contributed by atoms with Gasteiger partial charge >= 0.3 is 0 Å². The van der Waals surface area contributed by atoms with E-state index in [0.29, 0.717) is 16.1 Å². The van der Waals surface area contributed by atoms with E-state index in [1.165, 1.54) is 12.8 Å². The van der Waals surface area contributed by atoms with Crippen LogP contribution in [0.3, 0.4) is 0 Å². The van der Waals surface area contributed by atoms with Crippen molar-refractivity contribution in [3.8, 4) is 0 Å². The number of hydrogen-bond donors (Lipinski definition) is 1. The monoisotopic (exact) mass is 186 g/mol. The van der Waals surface area contributed by atoms with Gasteiger partial charge in [0.05, 0.1) is 0 Å². The molecule has 3 atom stereocenters. The van der Waals surface area contributed by atoms with Crippen LogP contribution >= 0.6 is 12.6 Å². The lowest BCUT2D eigenvalue weighted by Gasteiger charge is -2.44. The highest BCUT2D eigenvalue weighted by Gasteiger charge is 2.51. The predicted molar refractivity (Wildman–Crippen MR) is 58.7 cm³/mol. The minimum atomic E-state index is 0.413. The van der Waals surface area contributed by atoms with Gasteiger partial charge in [-0.15, -0.1) is 0 Å². The maximum absolute atomic E-state index is 4.65. The molecule has 0 heterocycles. The summed E-state index contributed by atoms with van der Waals surface area (Å²) in [5.41, 5.74) is 0.879. The molecule has 0 aromatic rings. The van der Waals surface area contributed by atoms with Gasteiger partial charge in [-0.1, -0.05) is 34.6 Å². The first-order valence-corrected chi connectivity index (χ1v) is 5.52. The van der Waals surface area contributed by atoms with Crippen LogP contribution in [-0.4, -0.2) is 5.25 Å². The molecule has 1 aliphatic carbocycles. The molecule has 0 amide bonds. The number of thiol groups is 1. The molecule has 12 heavy (non-hydrogen) atoms. The molecule has 0 aromatic heterocycles. The van der Waals surface area contributed by atoms with Gasteiger partial charge < -0.3 is 0 Å². The lowest BCUT2D eigenvalue weighted by atomic mass is 9.64. The van der Waals surface area contributed by atoms with Gasteiger partial charge in [0.2, 0.25) is 0 Å². The summed E-state index contributed by atoms with van der Waals surface area (Å²) in [6.45, 7) is 11.8. The molecule has 1 fully saturated rings.